The summed E-state index contributed by atoms with van der Waals surface area (Å²) in [5.74, 6) is 0.658. The van der Waals surface area contributed by atoms with Gasteiger partial charge in [-0.25, -0.2) is 9.79 Å². The Labute approximate surface area is 271 Å². The Balaban J connectivity index is 1.76. The lowest BCUT2D eigenvalue weighted by molar-refractivity contribution is -0.138. The molecule has 0 radical (unpaired) electrons. The van der Waals surface area contributed by atoms with Crippen LogP contribution in [0.4, 0.5) is 0 Å². The molecule has 0 bridgehead atoms. The van der Waals surface area contributed by atoms with Crippen LogP contribution in [0.2, 0.25) is 0 Å². The zero-order valence-corrected chi connectivity index (χ0v) is 27.6. The number of esters is 1. The van der Waals surface area contributed by atoms with Gasteiger partial charge in [0.15, 0.2) is 16.3 Å². The SMILES string of the molecule is C=CCOc1c(I)cc(/C=c2\sc3n(c2=O)[C@H](c2ccc(SC)cc2)C(C(=O)OCC)=C(c2ccccc2)N=3)cc1OC. The average molecular weight is 725 g/mol. The van der Waals surface area contributed by atoms with Gasteiger partial charge in [-0.2, -0.15) is 0 Å². The van der Waals surface area contributed by atoms with Crippen molar-refractivity contribution < 1.29 is 19.0 Å². The molecule has 0 amide bonds. The molecule has 1 aromatic heterocycles. The van der Waals surface area contributed by atoms with E-state index in [1.54, 1.807) is 36.4 Å². The van der Waals surface area contributed by atoms with E-state index in [2.05, 4.69) is 29.2 Å². The molecular formula is C33H29IN2O5S2. The number of halogens is 1. The molecule has 7 nitrogen and oxygen atoms in total. The van der Waals surface area contributed by atoms with Gasteiger partial charge in [0.1, 0.15) is 6.61 Å². The van der Waals surface area contributed by atoms with Crippen molar-refractivity contribution in [3.8, 4) is 11.5 Å². The third kappa shape index (κ3) is 6.36. The first-order valence-electron chi connectivity index (χ1n) is 13.4. The number of carbonyl (C=O) groups excluding carboxylic acids is 1. The third-order valence-electron chi connectivity index (χ3n) is 6.70. The summed E-state index contributed by atoms with van der Waals surface area (Å²) in [7, 11) is 1.58. The van der Waals surface area contributed by atoms with E-state index in [-0.39, 0.29) is 12.2 Å². The Bertz CT molecular complexity index is 1880. The molecule has 43 heavy (non-hydrogen) atoms. The lowest BCUT2D eigenvalue weighted by Gasteiger charge is -2.26. The number of fused-ring (bicyclic) bond motifs is 1. The smallest absolute Gasteiger partial charge is 0.338 e. The van der Waals surface area contributed by atoms with Gasteiger partial charge in [0.25, 0.3) is 5.56 Å². The van der Waals surface area contributed by atoms with Crippen molar-refractivity contribution in [1.29, 1.82) is 0 Å². The summed E-state index contributed by atoms with van der Waals surface area (Å²) in [6, 6.07) is 20.4. The number of hydrogen-bond donors (Lipinski definition) is 0. The van der Waals surface area contributed by atoms with Crippen molar-refractivity contribution >= 4 is 63.4 Å². The number of aromatic nitrogens is 1. The number of carbonyl (C=O) groups is 1. The largest absolute Gasteiger partial charge is 0.493 e. The lowest BCUT2D eigenvalue weighted by Crippen LogP contribution is -2.40. The Morgan fingerprint density at radius 1 is 1.16 bits per heavy atom. The molecule has 0 spiro atoms. The monoisotopic (exact) mass is 724 g/mol. The van der Waals surface area contributed by atoms with E-state index in [4.69, 9.17) is 19.2 Å². The van der Waals surface area contributed by atoms with Gasteiger partial charge in [-0.3, -0.25) is 9.36 Å². The number of thiazole rings is 1. The van der Waals surface area contributed by atoms with Crippen LogP contribution in [0, 0.1) is 3.57 Å². The summed E-state index contributed by atoms with van der Waals surface area (Å²) in [6.07, 6.45) is 5.49. The normalized spacial score (nSPS) is 14.6. The van der Waals surface area contributed by atoms with Crippen molar-refractivity contribution in [3.63, 3.8) is 0 Å². The van der Waals surface area contributed by atoms with Gasteiger partial charge in [0, 0.05) is 10.5 Å². The van der Waals surface area contributed by atoms with Crippen LogP contribution >= 0.6 is 45.7 Å². The minimum absolute atomic E-state index is 0.194. The quantitative estimate of drug-likeness (QED) is 0.0887. The third-order valence-corrected chi connectivity index (χ3v) is 9.23. The van der Waals surface area contributed by atoms with Crippen LogP contribution < -0.4 is 24.4 Å². The molecule has 4 aromatic rings. The van der Waals surface area contributed by atoms with Gasteiger partial charge >= 0.3 is 5.97 Å². The van der Waals surface area contributed by atoms with Gasteiger partial charge < -0.3 is 14.2 Å². The Morgan fingerprint density at radius 3 is 2.56 bits per heavy atom. The number of ether oxygens (including phenoxy) is 3. The second-order valence-electron chi connectivity index (χ2n) is 9.34. The topological polar surface area (TPSA) is 79.1 Å². The van der Waals surface area contributed by atoms with Crippen molar-refractivity contribution in [2.24, 2.45) is 4.99 Å². The van der Waals surface area contributed by atoms with Crippen LogP contribution in [-0.4, -0.2) is 37.1 Å². The molecule has 3 aromatic carbocycles. The molecule has 220 valence electrons. The van der Waals surface area contributed by atoms with Crippen LogP contribution in [0.25, 0.3) is 11.8 Å². The summed E-state index contributed by atoms with van der Waals surface area (Å²) in [6.45, 7) is 6.01. The number of nitrogens with zero attached hydrogens (tertiary/aromatic N) is 2. The highest BCUT2D eigenvalue weighted by Crippen LogP contribution is 2.36. The summed E-state index contributed by atoms with van der Waals surface area (Å²) in [5, 5.41) is 0. The lowest BCUT2D eigenvalue weighted by atomic mass is 9.93. The zero-order valence-electron chi connectivity index (χ0n) is 23.8. The van der Waals surface area contributed by atoms with E-state index < -0.39 is 12.0 Å². The Hall–Kier alpha value is -3.61. The van der Waals surface area contributed by atoms with E-state index in [0.717, 1.165) is 25.2 Å². The average Bonchev–Trinajstić information content (AvgIpc) is 3.34. The molecule has 0 saturated carbocycles. The van der Waals surface area contributed by atoms with Crippen LogP contribution in [-0.2, 0) is 9.53 Å². The first kappa shape index (κ1) is 30.8. The molecule has 0 unspecified atom stereocenters. The Morgan fingerprint density at radius 2 is 1.91 bits per heavy atom. The molecule has 0 saturated heterocycles. The molecule has 0 aliphatic carbocycles. The number of rotatable bonds is 10. The van der Waals surface area contributed by atoms with Gasteiger partial charge in [-0.15, -0.1) is 11.8 Å². The van der Waals surface area contributed by atoms with Crippen LogP contribution in [0.15, 0.2) is 99.6 Å². The maximum atomic E-state index is 14.2. The highest BCUT2D eigenvalue weighted by molar-refractivity contribution is 14.1. The van der Waals surface area contributed by atoms with Crippen LogP contribution in [0.3, 0.4) is 0 Å². The van der Waals surface area contributed by atoms with E-state index in [9.17, 15) is 9.59 Å². The fraction of sp³-hybridized carbons (Fsp3) is 0.182. The van der Waals surface area contributed by atoms with Gasteiger partial charge in [-0.05, 0) is 77.2 Å². The predicted molar refractivity (Wildman–Crippen MR) is 181 cm³/mol. The summed E-state index contributed by atoms with van der Waals surface area (Å²) in [5.41, 5.74) is 2.89. The first-order valence-corrected chi connectivity index (χ1v) is 16.6. The second kappa shape index (κ2) is 13.8. The minimum Gasteiger partial charge on any atom is -0.493 e. The predicted octanol–water partition coefficient (Wildman–Crippen LogP) is 5.84. The van der Waals surface area contributed by atoms with Crippen LogP contribution in [0.5, 0.6) is 11.5 Å². The van der Waals surface area contributed by atoms with Gasteiger partial charge in [0.2, 0.25) is 0 Å². The number of thioether (sulfide) groups is 1. The van der Waals surface area contributed by atoms with Crippen molar-refractivity contribution in [3.05, 3.63) is 125 Å². The molecule has 0 N–H and O–H groups in total. The maximum absolute atomic E-state index is 14.2. The van der Waals surface area contributed by atoms with Crippen molar-refractivity contribution in [1.82, 2.24) is 4.57 Å². The van der Waals surface area contributed by atoms with Crippen molar-refractivity contribution in [2.45, 2.75) is 17.9 Å². The fourth-order valence-electron chi connectivity index (χ4n) is 4.80. The second-order valence-corrected chi connectivity index (χ2v) is 12.4. The fourth-order valence-corrected chi connectivity index (χ4v) is 6.99. The van der Waals surface area contributed by atoms with E-state index >= 15 is 0 Å². The number of hydrogen-bond acceptors (Lipinski definition) is 8. The number of benzene rings is 3. The van der Waals surface area contributed by atoms with Gasteiger partial charge in [0.05, 0.1) is 39.1 Å². The molecule has 1 aliphatic rings. The summed E-state index contributed by atoms with van der Waals surface area (Å²) >= 11 is 5.09. The summed E-state index contributed by atoms with van der Waals surface area (Å²) < 4.78 is 19.8. The molecule has 1 aliphatic heterocycles. The molecule has 5 rings (SSSR count). The summed E-state index contributed by atoms with van der Waals surface area (Å²) in [4.78, 5) is 34.3. The van der Waals surface area contributed by atoms with Crippen LogP contribution in [0.1, 0.15) is 29.7 Å². The highest BCUT2D eigenvalue weighted by Gasteiger charge is 2.35. The van der Waals surface area contributed by atoms with E-state index in [1.165, 1.54) is 11.3 Å². The highest BCUT2D eigenvalue weighted by atomic mass is 127. The standard InChI is InChI=1S/C33H29IN2O5S2/c1-5-16-41-30-24(34)17-20(18-25(30)39-3)19-26-31(37)36-29(22-12-14-23(42-4)15-13-22)27(32(38)40-6-2)28(35-33(36)43-26)21-10-8-7-9-11-21/h5,7-15,17-19,29H,1,6,16H2,2-4H3/b26-19-/t29-/m1/s1. The molecular weight excluding hydrogens is 695 g/mol. The van der Waals surface area contributed by atoms with E-state index in [0.29, 0.717) is 38.7 Å². The molecule has 0 fully saturated rings. The minimum atomic E-state index is -0.729. The number of methoxy groups -OCH3 is 1. The zero-order chi connectivity index (χ0) is 30.5. The molecule has 2 heterocycles. The molecule has 1 atom stereocenters. The van der Waals surface area contributed by atoms with Gasteiger partial charge in [-0.1, -0.05) is 66.5 Å². The van der Waals surface area contributed by atoms with Crippen molar-refractivity contribution in [2.75, 3.05) is 26.6 Å². The molecule has 10 heteroatoms. The Kier molecular flexibility index (Phi) is 9.89. The first-order chi connectivity index (χ1) is 20.9. The maximum Gasteiger partial charge on any atom is 0.338 e. The van der Waals surface area contributed by atoms with E-state index in [1.807, 2.05) is 79.1 Å².